The molecular weight excluding hydrogens is 237 g/mol. The number of aliphatic carboxylic acids is 1. The summed E-state index contributed by atoms with van der Waals surface area (Å²) >= 11 is 0. The van der Waals surface area contributed by atoms with Gasteiger partial charge in [-0.05, 0) is 6.92 Å². The molecule has 0 aliphatic heterocycles. The van der Waals surface area contributed by atoms with E-state index in [1.165, 1.54) is 0 Å². The number of carbonyl (C=O) groups is 1. The first kappa shape index (κ1) is 15.9. The van der Waals surface area contributed by atoms with Crippen LogP contribution in [-0.4, -0.2) is 11.4 Å². The molecule has 0 aromatic heterocycles. The van der Waals surface area contributed by atoms with Crippen LogP contribution in [0, 0.1) is 37.7 Å². The van der Waals surface area contributed by atoms with E-state index in [9.17, 15) is 0 Å². The molecule has 0 fully saturated rings. The monoisotopic (exact) mass is 242 g/mol. The van der Waals surface area contributed by atoms with Gasteiger partial charge in [-0.1, -0.05) is 0 Å². The molecule has 0 aliphatic carbocycles. The summed E-state index contributed by atoms with van der Waals surface area (Å²) in [6, 6.07) is 0. The second-order valence-electron chi connectivity index (χ2n) is 0.492. The van der Waals surface area contributed by atoms with Gasteiger partial charge in [-0.15, -0.1) is 0 Å². The third kappa shape index (κ3) is 134. The fourth-order valence-corrected chi connectivity index (χ4v) is 0. The van der Waals surface area contributed by atoms with E-state index in [1.807, 2.05) is 0 Å². The summed E-state index contributed by atoms with van der Waals surface area (Å²) in [5.41, 5.74) is 0. The number of carboxylic acid groups (broad SMARTS) is 1. The van der Waals surface area contributed by atoms with Crippen LogP contribution in [0.3, 0.4) is 0 Å². The predicted molar refractivity (Wildman–Crippen MR) is 14.3 cm³/mol. The second kappa shape index (κ2) is 9.19. The quantitative estimate of drug-likeness (QED) is 0.458. The van der Waals surface area contributed by atoms with Gasteiger partial charge in [0.25, 0.3) is 0 Å². The molecule has 0 unspecified atom stereocenters. The van der Waals surface area contributed by atoms with Gasteiger partial charge in [0.15, 0.2) is 0 Å². The molecule has 0 saturated heterocycles. The van der Waals surface area contributed by atoms with Crippen LogP contribution in [0.1, 0.15) is 6.92 Å². The fraction of sp³-hybridized carbons (Fsp3) is 0.500. The van der Waals surface area contributed by atoms with Crippen LogP contribution in [0.4, 0.5) is 0 Å². The summed E-state index contributed by atoms with van der Waals surface area (Å²) in [5.74, 6) is -1.08. The van der Waals surface area contributed by atoms with Crippen molar-refractivity contribution in [2.45, 2.75) is 6.92 Å². The van der Waals surface area contributed by atoms with Crippen molar-refractivity contribution < 1.29 is 53.1 Å². The van der Waals surface area contributed by atoms with Crippen molar-refractivity contribution >= 4 is 5.97 Å². The van der Waals surface area contributed by atoms with Crippen LogP contribution in [0.5, 0.6) is 0 Å². The number of rotatable bonds is 0. The number of hydrogen-bond donors (Lipinski definition) is 0. The summed E-state index contributed by atoms with van der Waals surface area (Å²) in [7, 11) is 0. The maximum absolute atomic E-state index is 8.89. The van der Waals surface area contributed by atoms with Gasteiger partial charge in [-0.2, -0.15) is 0 Å². The molecule has 0 aliphatic rings. The Bertz CT molecular complexity index is 31.8. The standard InChI is InChI=1S/C2H4O2.Ho.H2O/c1-2(3)4;;/h1H3,(H,3,4);;1H2/q;+3;/p-1. The van der Waals surface area contributed by atoms with E-state index < -0.39 is 5.97 Å². The zero-order chi connectivity index (χ0) is 3.58. The Hall–Kier alpha value is 0.690. The van der Waals surface area contributed by atoms with E-state index in [2.05, 4.69) is 0 Å². The average Bonchev–Trinajstić information content (AvgIpc) is 0.811. The SMILES string of the molecule is CC(=O)[O-].O.[Ho+3]. The van der Waals surface area contributed by atoms with Crippen molar-refractivity contribution in [2.24, 2.45) is 0 Å². The molecule has 6 heavy (non-hydrogen) atoms. The Morgan fingerprint density at radius 1 is 1.67 bits per heavy atom. The molecule has 0 atom stereocenters. The predicted octanol–water partition coefficient (Wildman–Crippen LogP) is -2.07. The van der Waals surface area contributed by atoms with Crippen molar-refractivity contribution in [3.8, 4) is 0 Å². The largest absolute Gasteiger partial charge is 3.00 e. The van der Waals surface area contributed by atoms with Gasteiger partial charge in [0, 0.05) is 5.97 Å². The normalized spacial score (nSPS) is 4.17. The fourth-order valence-electron chi connectivity index (χ4n) is 0. The average molecular weight is 242 g/mol. The Kier molecular flexibility index (Phi) is 24.4. The molecule has 0 spiro atoms. The molecule has 3 nitrogen and oxygen atoms in total. The van der Waals surface area contributed by atoms with E-state index >= 15 is 0 Å². The maximum atomic E-state index is 8.89. The molecule has 0 saturated carbocycles. The van der Waals surface area contributed by atoms with Crippen LogP contribution in [-0.2, 0) is 4.79 Å². The molecule has 2 N–H and O–H groups in total. The minimum absolute atomic E-state index is 0. The van der Waals surface area contributed by atoms with Crippen LogP contribution < -0.4 is 5.11 Å². The van der Waals surface area contributed by atoms with Gasteiger partial charge >= 0.3 is 37.7 Å². The molecule has 0 rings (SSSR count). The summed E-state index contributed by atoms with van der Waals surface area (Å²) in [4.78, 5) is 8.89. The van der Waals surface area contributed by atoms with Gasteiger partial charge in [0.2, 0.25) is 0 Å². The summed E-state index contributed by atoms with van der Waals surface area (Å²) in [6.45, 7) is 0.972. The van der Waals surface area contributed by atoms with Crippen molar-refractivity contribution in [1.29, 1.82) is 0 Å². The molecule has 0 aromatic rings. The molecule has 40 valence electrons. The van der Waals surface area contributed by atoms with E-state index in [0.717, 1.165) is 6.92 Å². The van der Waals surface area contributed by atoms with Crippen LogP contribution >= 0.6 is 0 Å². The molecule has 0 radical (unpaired) electrons. The summed E-state index contributed by atoms with van der Waals surface area (Å²) < 4.78 is 0. The Balaban J connectivity index is -0.0000000450. The molecule has 0 bridgehead atoms. The summed E-state index contributed by atoms with van der Waals surface area (Å²) in [5, 5.41) is 8.89. The number of hydrogen-bond acceptors (Lipinski definition) is 2. The Labute approximate surface area is 65.7 Å². The third-order valence-electron chi connectivity index (χ3n) is 0. The van der Waals surface area contributed by atoms with Gasteiger partial charge in [0.05, 0.1) is 0 Å². The smallest absolute Gasteiger partial charge is 0.550 e. The first-order chi connectivity index (χ1) is 1.73. The van der Waals surface area contributed by atoms with Gasteiger partial charge in [-0.25, -0.2) is 0 Å². The first-order valence-electron chi connectivity index (χ1n) is 0.908. The molecule has 0 heterocycles. The molecule has 0 aromatic carbocycles. The maximum Gasteiger partial charge on any atom is 3.00 e. The van der Waals surface area contributed by atoms with Crippen LogP contribution in [0.25, 0.3) is 0 Å². The van der Waals surface area contributed by atoms with Crippen molar-refractivity contribution in [3.05, 3.63) is 0 Å². The minimum Gasteiger partial charge on any atom is -0.550 e. The number of carboxylic acids is 1. The van der Waals surface area contributed by atoms with Crippen LogP contribution in [0.15, 0.2) is 0 Å². The third-order valence-corrected chi connectivity index (χ3v) is 0. The van der Waals surface area contributed by atoms with Gasteiger partial charge in [0.1, 0.15) is 0 Å². The van der Waals surface area contributed by atoms with Crippen molar-refractivity contribution in [2.75, 3.05) is 0 Å². The Morgan fingerprint density at radius 2 is 1.67 bits per heavy atom. The molecular formula is C2H5HoO3+2. The van der Waals surface area contributed by atoms with Crippen molar-refractivity contribution in [3.63, 3.8) is 0 Å². The Morgan fingerprint density at radius 3 is 1.67 bits per heavy atom. The zero-order valence-corrected chi connectivity index (χ0v) is 5.05. The van der Waals surface area contributed by atoms with Crippen LogP contribution in [0.2, 0.25) is 0 Å². The summed E-state index contributed by atoms with van der Waals surface area (Å²) in [6.07, 6.45) is 0. The topological polar surface area (TPSA) is 71.6 Å². The first-order valence-corrected chi connectivity index (χ1v) is 0.908. The van der Waals surface area contributed by atoms with Crippen molar-refractivity contribution in [1.82, 2.24) is 0 Å². The molecule has 4 heteroatoms. The van der Waals surface area contributed by atoms with Gasteiger partial charge in [-0.3, -0.25) is 0 Å². The van der Waals surface area contributed by atoms with E-state index in [-0.39, 0.29) is 43.2 Å². The number of carbonyl (C=O) groups excluding carboxylic acids is 1. The van der Waals surface area contributed by atoms with E-state index in [4.69, 9.17) is 9.90 Å². The second-order valence-corrected chi connectivity index (χ2v) is 0.492. The van der Waals surface area contributed by atoms with E-state index in [1.54, 1.807) is 0 Å². The minimum atomic E-state index is -1.08. The van der Waals surface area contributed by atoms with E-state index in [0.29, 0.717) is 0 Å². The zero-order valence-electron chi connectivity index (χ0n) is 3.12. The molecule has 0 amide bonds. The van der Waals surface area contributed by atoms with Gasteiger partial charge < -0.3 is 15.4 Å².